The molecule has 8 aliphatic rings. The average Bonchev–Trinajstić information content (AvgIpc) is 3.87. The number of carbonyl (C=O) groups is 2. The molecule has 0 aliphatic heterocycles. The molecule has 0 N–H and O–H groups in total. The summed E-state index contributed by atoms with van der Waals surface area (Å²) in [4.78, 5) is 26.3. The molecule has 6 heteroatoms. The maximum absolute atomic E-state index is 13.1. The molecule has 16 unspecified atom stereocenters. The molecule has 0 bridgehead atoms. The van der Waals surface area contributed by atoms with Gasteiger partial charge in [0.2, 0.25) is 0 Å². The van der Waals surface area contributed by atoms with E-state index in [2.05, 4.69) is 81.4 Å². The van der Waals surface area contributed by atoms with Crippen LogP contribution in [0.5, 0.6) is 11.5 Å². The van der Waals surface area contributed by atoms with Gasteiger partial charge in [0.15, 0.2) is 13.2 Å². The summed E-state index contributed by atoms with van der Waals surface area (Å²) in [5.41, 5.74) is 4.52. The van der Waals surface area contributed by atoms with E-state index in [1.165, 1.54) is 103 Å². The fraction of sp³-hybridized carbons (Fsp3) is 0.824. The Kier molecular flexibility index (Phi) is 21.3. The van der Waals surface area contributed by atoms with E-state index in [4.69, 9.17) is 18.9 Å². The number of hydrogen-bond acceptors (Lipinski definition) is 6. The van der Waals surface area contributed by atoms with Crippen LogP contribution in [0.2, 0.25) is 0 Å². The Morgan fingerprint density at radius 1 is 0.500 bits per heavy atom. The zero-order valence-corrected chi connectivity index (χ0v) is 46.0. The van der Waals surface area contributed by atoms with Crippen molar-refractivity contribution in [1.29, 1.82) is 0 Å². The highest BCUT2D eigenvalue weighted by Gasteiger charge is 2.61. The summed E-state index contributed by atoms with van der Waals surface area (Å²) in [5, 5.41) is 0. The highest BCUT2D eigenvalue weighted by Crippen LogP contribution is 2.69. The molecule has 8 aliphatic carbocycles. The van der Waals surface area contributed by atoms with Crippen LogP contribution < -0.4 is 9.47 Å². The van der Waals surface area contributed by atoms with Crippen LogP contribution in [0, 0.1) is 92.7 Å². The SMILES string of the molecule is C.C.C.C.CC(C)CCCC(C)C1CCC2C3CC=C4CC(OC(=O)COc5ccc(OCC(=O)OC6CCC7(C)C(=CCC8C7CCC7(C)C(C(C)CCCC(C)C)CCC87)C6)cc5)CCC4(C)C3CCC12C. The molecule has 422 valence electrons. The van der Waals surface area contributed by atoms with Gasteiger partial charge in [0.25, 0.3) is 0 Å². The van der Waals surface area contributed by atoms with Crippen molar-refractivity contribution in [3.8, 4) is 11.5 Å². The Labute approximate surface area is 455 Å². The van der Waals surface area contributed by atoms with Gasteiger partial charge in [-0.25, -0.2) is 9.59 Å². The first-order valence-corrected chi connectivity index (χ1v) is 29.5. The minimum atomic E-state index is -0.313. The molecule has 0 aromatic heterocycles. The molecule has 74 heavy (non-hydrogen) atoms. The van der Waals surface area contributed by atoms with Crippen LogP contribution in [0.25, 0.3) is 0 Å². The molecule has 1 aromatic carbocycles. The Hall–Kier alpha value is -2.76. The van der Waals surface area contributed by atoms with Gasteiger partial charge in [-0.15, -0.1) is 0 Å². The molecule has 0 spiro atoms. The van der Waals surface area contributed by atoms with Gasteiger partial charge in [-0.3, -0.25) is 0 Å². The van der Waals surface area contributed by atoms with Crippen molar-refractivity contribution in [2.24, 2.45) is 92.7 Å². The topological polar surface area (TPSA) is 71.1 Å². The second-order valence-corrected chi connectivity index (χ2v) is 27.3. The van der Waals surface area contributed by atoms with Crippen LogP contribution in [0.1, 0.15) is 240 Å². The largest absolute Gasteiger partial charge is 0.482 e. The summed E-state index contributed by atoms with van der Waals surface area (Å²) in [6.07, 6.45) is 32.6. The lowest BCUT2D eigenvalue weighted by Gasteiger charge is -2.58. The van der Waals surface area contributed by atoms with E-state index in [1.807, 2.05) is 0 Å². The summed E-state index contributed by atoms with van der Waals surface area (Å²) in [6, 6.07) is 7.16. The van der Waals surface area contributed by atoms with E-state index >= 15 is 0 Å². The van der Waals surface area contributed by atoms with Crippen molar-refractivity contribution in [2.75, 3.05) is 13.2 Å². The fourth-order valence-corrected chi connectivity index (χ4v) is 18.9. The van der Waals surface area contributed by atoms with Gasteiger partial charge in [-0.1, -0.05) is 161 Å². The van der Waals surface area contributed by atoms with Crippen molar-refractivity contribution >= 4 is 11.9 Å². The third-order valence-corrected chi connectivity index (χ3v) is 22.7. The third-order valence-electron chi connectivity index (χ3n) is 22.7. The van der Waals surface area contributed by atoms with Gasteiger partial charge in [0.1, 0.15) is 23.7 Å². The molecule has 0 saturated heterocycles. The molecule has 0 radical (unpaired) electrons. The molecule has 6 fully saturated rings. The van der Waals surface area contributed by atoms with Crippen LogP contribution in [0.15, 0.2) is 47.6 Å². The van der Waals surface area contributed by atoms with Crippen molar-refractivity contribution < 1.29 is 28.5 Å². The number of esters is 2. The Morgan fingerprint density at radius 3 is 1.24 bits per heavy atom. The number of ether oxygens (including phenoxy) is 4. The highest BCUT2D eigenvalue weighted by atomic mass is 16.6. The molecule has 6 saturated carbocycles. The van der Waals surface area contributed by atoms with Gasteiger partial charge in [0, 0.05) is 12.8 Å². The van der Waals surface area contributed by atoms with Crippen molar-refractivity contribution in [2.45, 2.75) is 252 Å². The maximum atomic E-state index is 13.1. The molecule has 0 heterocycles. The summed E-state index contributed by atoms with van der Waals surface area (Å²) < 4.78 is 24.0. The monoisotopic (exact) mass is 1030 g/mol. The summed E-state index contributed by atoms with van der Waals surface area (Å²) in [5.74, 6) is 10.4. The van der Waals surface area contributed by atoms with Crippen molar-refractivity contribution in [1.82, 2.24) is 0 Å². The van der Waals surface area contributed by atoms with Crippen LogP contribution in [-0.4, -0.2) is 37.4 Å². The zero-order valence-electron chi connectivity index (χ0n) is 46.0. The zero-order chi connectivity index (χ0) is 49.6. The molecule has 9 rings (SSSR count). The predicted molar refractivity (Wildman–Crippen MR) is 310 cm³/mol. The average molecular weight is 1030 g/mol. The van der Waals surface area contributed by atoms with Crippen LogP contribution in [0.4, 0.5) is 0 Å². The molecule has 16 atom stereocenters. The Bertz CT molecular complexity index is 1890. The molecular formula is C68H114O6. The second-order valence-electron chi connectivity index (χ2n) is 27.3. The van der Waals surface area contributed by atoms with Crippen molar-refractivity contribution in [3.05, 3.63) is 47.6 Å². The van der Waals surface area contributed by atoms with Crippen LogP contribution in [-0.2, 0) is 19.1 Å². The number of hydrogen-bond donors (Lipinski definition) is 0. The van der Waals surface area contributed by atoms with Crippen LogP contribution >= 0.6 is 0 Å². The first-order valence-electron chi connectivity index (χ1n) is 29.5. The normalized spacial score (nSPS) is 37.4. The first-order chi connectivity index (χ1) is 33.4. The van der Waals surface area contributed by atoms with Gasteiger partial charge < -0.3 is 18.9 Å². The lowest BCUT2D eigenvalue weighted by atomic mass is 9.47. The minimum absolute atomic E-state index is 0. The molecule has 1 aromatic rings. The molecular weight excluding hydrogens is 913 g/mol. The number of carbonyl (C=O) groups excluding carboxylic acids is 2. The lowest BCUT2D eigenvalue weighted by molar-refractivity contribution is -0.154. The van der Waals surface area contributed by atoms with E-state index in [-0.39, 0.29) is 77.9 Å². The number of benzene rings is 1. The van der Waals surface area contributed by atoms with E-state index in [0.717, 1.165) is 110 Å². The number of rotatable bonds is 18. The van der Waals surface area contributed by atoms with Crippen molar-refractivity contribution in [3.63, 3.8) is 0 Å². The number of allylic oxidation sites excluding steroid dienone is 2. The van der Waals surface area contributed by atoms with Gasteiger partial charge in [-0.05, 0) is 207 Å². The van der Waals surface area contributed by atoms with E-state index < -0.39 is 0 Å². The maximum Gasteiger partial charge on any atom is 0.344 e. The summed E-state index contributed by atoms with van der Waals surface area (Å²) in [6.45, 7) is 24.8. The predicted octanol–water partition coefficient (Wildman–Crippen LogP) is 18.9. The number of fused-ring (bicyclic) bond motifs is 10. The summed E-state index contributed by atoms with van der Waals surface area (Å²) in [7, 11) is 0. The molecule has 6 nitrogen and oxygen atoms in total. The first kappa shape index (κ1) is 62.1. The van der Waals surface area contributed by atoms with E-state index in [9.17, 15) is 9.59 Å². The molecule has 0 amide bonds. The lowest BCUT2D eigenvalue weighted by Crippen LogP contribution is -2.51. The minimum Gasteiger partial charge on any atom is -0.482 e. The van der Waals surface area contributed by atoms with E-state index in [0.29, 0.717) is 22.3 Å². The smallest absolute Gasteiger partial charge is 0.344 e. The van der Waals surface area contributed by atoms with Gasteiger partial charge >= 0.3 is 11.9 Å². The third kappa shape index (κ3) is 12.4. The summed E-state index contributed by atoms with van der Waals surface area (Å²) >= 11 is 0. The fourth-order valence-electron chi connectivity index (χ4n) is 18.9. The Balaban J connectivity index is 0.00000253. The van der Waals surface area contributed by atoms with E-state index in [1.54, 1.807) is 35.4 Å². The van der Waals surface area contributed by atoms with Gasteiger partial charge in [-0.2, -0.15) is 0 Å². The van der Waals surface area contributed by atoms with Crippen LogP contribution in [0.3, 0.4) is 0 Å². The second kappa shape index (κ2) is 25.4. The quantitative estimate of drug-likeness (QED) is 0.108. The van der Waals surface area contributed by atoms with Gasteiger partial charge in [0.05, 0.1) is 0 Å². The standard InChI is InChI=1S/C64H98O6.4CH4/c1-41(2)13-11-15-43(5)53-25-27-55-51-23-17-45-37-49(29-33-61(45,7)57(51)31-35-63(53,55)9)69-59(65)39-67-47-19-21-48(22-20-47)68-40-60(66)70-50-30-34-62(8)46(38-50)18-24-52-56-28-26-54(44(6)16-12-14-42(3)4)64(56,10)36-32-58(52)62;;;;/h17-22,41-44,49-58H,11-16,23-40H2,1-10H3;4*1H4. The highest BCUT2D eigenvalue weighted by molar-refractivity contribution is 5.72. The Morgan fingerprint density at radius 2 is 0.878 bits per heavy atom.